The molecule has 2 amide bonds. The molecule has 2 N–H and O–H groups in total. The number of aromatic nitrogens is 1. The average Bonchev–Trinajstić information content (AvgIpc) is 3.14. The number of pyridine rings is 1. The molecule has 3 aromatic rings. The van der Waals surface area contributed by atoms with Crippen molar-refractivity contribution in [3.8, 4) is 0 Å². The lowest BCUT2D eigenvalue weighted by Gasteiger charge is -2.25. The van der Waals surface area contributed by atoms with E-state index in [9.17, 15) is 22.8 Å². The van der Waals surface area contributed by atoms with Crippen molar-refractivity contribution < 1.29 is 27.2 Å². The Morgan fingerprint density at radius 3 is 2.61 bits per heavy atom. The van der Waals surface area contributed by atoms with E-state index >= 15 is 0 Å². The first-order valence-corrected chi connectivity index (χ1v) is 14.1. The molecule has 1 saturated heterocycles. The average molecular weight is 541 g/mol. The number of para-hydroxylation sites is 1. The largest absolute Gasteiger partial charge is 0.451 e. The highest BCUT2D eigenvalue weighted by Gasteiger charge is 2.36. The highest BCUT2D eigenvalue weighted by Crippen LogP contribution is 2.25. The molecule has 0 bridgehead atoms. The van der Waals surface area contributed by atoms with Crippen molar-refractivity contribution >= 4 is 38.6 Å². The van der Waals surface area contributed by atoms with E-state index in [0.29, 0.717) is 24.0 Å². The SMILES string of the molecule is CC[C@@H](C)[C@H](NC(=O)c1oc2ccccc2c1C)C(=O)NC1CCCN(S(=O)(=O)c2ccccn2)CC1=O. The Bertz CT molecular complexity index is 1440. The van der Waals surface area contributed by atoms with Crippen LogP contribution in [0.4, 0.5) is 0 Å². The number of fused-ring (bicyclic) bond motifs is 1. The van der Waals surface area contributed by atoms with Gasteiger partial charge in [0, 0.05) is 23.7 Å². The van der Waals surface area contributed by atoms with Crippen molar-refractivity contribution in [2.24, 2.45) is 5.92 Å². The zero-order chi connectivity index (χ0) is 27.4. The number of carbonyl (C=O) groups is 3. The smallest absolute Gasteiger partial charge is 0.287 e. The summed E-state index contributed by atoms with van der Waals surface area (Å²) in [7, 11) is -3.94. The molecule has 0 spiro atoms. The second-order valence-corrected chi connectivity index (χ2v) is 11.5. The third kappa shape index (κ3) is 5.63. The molecule has 4 rings (SSSR count). The molecule has 1 aromatic carbocycles. The zero-order valence-electron chi connectivity index (χ0n) is 21.6. The van der Waals surface area contributed by atoms with Crippen LogP contribution < -0.4 is 10.6 Å². The minimum Gasteiger partial charge on any atom is -0.451 e. The monoisotopic (exact) mass is 540 g/mol. The summed E-state index contributed by atoms with van der Waals surface area (Å²) in [5.74, 6) is -1.53. The Morgan fingerprint density at radius 2 is 1.92 bits per heavy atom. The summed E-state index contributed by atoms with van der Waals surface area (Å²) >= 11 is 0. The van der Waals surface area contributed by atoms with Gasteiger partial charge in [0.15, 0.2) is 16.6 Å². The first-order valence-electron chi connectivity index (χ1n) is 12.7. The number of sulfonamides is 1. The van der Waals surface area contributed by atoms with Gasteiger partial charge < -0.3 is 15.1 Å². The molecule has 11 heteroatoms. The number of furan rings is 1. The number of hydrogen-bond donors (Lipinski definition) is 2. The second-order valence-electron chi connectivity index (χ2n) is 9.57. The van der Waals surface area contributed by atoms with E-state index in [1.54, 1.807) is 25.1 Å². The van der Waals surface area contributed by atoms with Crippen LogP contribution in [0.2, 0.25) is 0 Å². The summed E-state index contributed by atoms with van der Waals surface area (Å²) in [4.78, 5) is 43.4. The van der Waals surface area contributed by atoms with Gasteiger partial charge in [-0.15, -0.1) is 0 Å². The first-order chi connectivity index (χ1) is 18.1. The van der Waals surface area contributed by atoms with Crippen molar-refractivity contribution in [2.75, 3.05) is 13.1 Å². The molecule has 1 aliphatic rings. The lowest BCUT2D eigenvalue weighted by molar-refractivity contribution is -0.129. The van der Waals surface area contributed by atoms with Crippen LogP contribution in [-0.4, -0.2) is 60.5 Å². The van der Waals surface area contributed by atoms with E-state index in [4.69, 9.17) is 4.42 Å². The van der Waals surface area contributed by atoms with Gasteiger partial charge in [-0.1, -0.05) is 44.5 Å². The van der Waals surface area contributed by atoms with Crippen molar-refractivity contribution in [2.45, 2.75) is 57.1 Å². The molecule has 1 unspecified atom stereocenters. The van der Waals surface area contributed by atoms with Crippen LogP contribution in [0.3, 0.4) is 0 Å². The number of Topliss-reactive ketones (excluding diaryl/α,β-unsaturated/α-hetero) is 1. The number of carbonyl (C=O) groups excluding carboxylic acids is 3. The molecule has 202 valence electrons. The number of rotatable bonds is 8. The molecule has 1 aliphatic heterocycles. The number of aryl methyl sites for hydroxylation is 1. The van der Waals surface area contributed by atoms with E-state index in [1.165, 1.54) is 12.3 Å². The van der Waals surface area contributed by atoms with E-state index in [0.717, 1.165) is 9.69 Å². The Balaban J connectivity index is 1.47. The highest BCUT2D eigenvalue weighted by molar-refractivity contribution is 7.89. The quantitative estimate of drug-likeness (QED) is 0.448. The van der Waals surface area contributed by atoms with E-state index in [2.05, 4.69) is 15.6 Å². The molecule has 3 atom stereocenters. The molecule has 2 aromatic heterocycles. The predicted octanol–water partition coefficient (Wildman–Crippen LogP) is 2.82. The summed E-state index contributed by atoms with van der Waals surface area (Å²) in [5, 5.41) is 6.24. The summed E-state index contributed by atoms with van der Waals surface area (Å²) in [6.07, 6.45) is 2.64. The Morgan fingerprint density at radius 1 is 1.18 bits per heavy atom. The van der Waals surface area contributed by atoms with Gasteiger partial charge in [0.2, 0.25) is 5.91 Å². The summed E-state index contributed by atoms with van der Waals surface area (Å²) in [6.45, 7) is 5.29. The maximum Gasteiger partial charge on any atom is 0.287 e. The number of nitrogens with one attached hydrogen (secondary N) is 2. The number of hydrogen-bond acceptors (Lipinski definition) is 7. The van der Waals surface area contributed by atoms with Gasteiger partial charge in [-0.3, -0.25) is 14.4 Å². The molecular formula is C27H32N4O6S. The molecule has 1 fully saturated rings. The number of amides is 2. The fourth-order valence-electron chi connectivity index (χ4n) is 4.55. The minimum atomic E-state index is -3.94. The predicted molar refractivity (Wildman–Crippen MR) is 141 cm³/mol. The Labute approximate surface area is 221 Å². The van der Waals surface area contributed by atoms with Crippen LogP contribution in [0.5, 0.6) is 0 Å². The highest BCUT2D eigenvalue weighted by atomic mass is 32.2. The van der Waals surface area contributed by atoms with Crippen molar-refractivity contribution in [1.82, 2.24) is 19.9 Å². The lowest BCUT2D eigenvalue weighted by atomic mass is 9.97. The van der Waals surface area contributed by atoms with E-state index in [1.807, 2.05) is 32.0 Å². The van der Waals surface area contributed by atoms with Crippen molar-refractivity contribution in [3.05, 3.63) is 60.0 Å². The van der Waals surface area contributed by atoms with Crippen LogP contribution >= 0.6 is 0 Å². The molecule has 0 aliphatic carbocycles. The van der Waals surface area contributed by atoms with Gasteiger partial charge >= 0.3 is 0 Å². The van der Waals surface area contributed by atoms with Crippen molar-refractivity contribution in [1.29, 1.82) is 0 Å². The molecule has 10 nitrogen and oxygen atoms in total. The minimum absolute atomic E-state index is 0.129. The topological polar surface area (TPSA) is 139 Å². The second kappa shape index (κ2) is 11.4. The summed E-state index contributed by atoms with van der Waals surface area (Å²) < 4.78 is 32.8. The normalized spacial score (nSPS) is 18.5. The molecule has 38 heavy (non-hydrogen) atoms. The number of nitrogens with zero attached hydrogens (tertiary/aromatic N) is 2. The molecule has 3 heterocycles. The maximum atomic E-state index is 13.3. The van der Waals surface area contributed by atoms with Crippen LogP contribution in [0.25, 0.3) is 11.0 Å². The van der Waals surface area contributed by atoms with Gasteiger partial charge in [-0.25, -0.2) is 13.4 Å². The fourth-order valence-corrected chi connectivity index (χ4v) is 5.92. The van der Waals surface area contributed by atoms with Crippen LogP contribution in [0.1, 0.15) is 49.2 Å². The fraction of sp³-hybridized carbons (Fsp3) is 0.407. The Kier molecular flexibility index (Phi) is 8.27. The lowest BCUT2D eigenvalue weighted by Crippen LogP contribution is -2.54. The van der Waals surface area contributed by atoms with E-state index in [-0.39, 0.29) is 36.2 Å². The summed E-state index contributed by atoms with van der Waals surface area (Å²) in [6, 6.07) is 10.1. The van der Waals surface area contributed by atoms with Crippen molar-refractivity contribution in [3.63, 3.8) is 0 Å². The standard InChI is InChI=1S/C27H32N4O6S/c1-4-17(2)24(30-27(34)25-18(3)19-10-5-6-12-22(19)37-25)26(33)29-20-11-9-15-31(16-21(20)32)38(35,36)23-13-7-8-14-28-23/h5-8,10,12-14,17,20,24H,4,9,11,15-16H2,1-3H3,(H,29,33)(H,30,34)/t17-,20?,24+/m1/s1. The third-order valence-corrected chi connectivity index (χ3v) is 8.77. The van der Waals surface area contributed by atoms with Gasteiger partial charge in [0.05, 0.1) is 12.6 Å². The number of benzene rings is 1. The maximum absolute atomic E-state index is 13.3. The molecule has 0 radical (unpaired) electrons. The van der Waals surface area contributed by atoms with Gasteiger partial charge in [-0.2, -0.15) is 4.31 Å². The Hall–Kier alpha value is -3.57. The van der Waals surface area contributed by atoms with Crippen LogP contribution in [-0.2, 0) is 19.6 Å². The van der Waals surface area contributed by atoms with Gasteiger partial charge in [0.25, 0.3) is 15.9 Å². The molecule has 0 saturated carbocycles. The summed E-state index contributed by atoms with van der Waals surface area (Å²) in [5.41, 5.74) is 1.25. The zero-order valence-corrected chi connectivity index (χ0v) is 22.5. The van der Waals surface area contributed by atoms with Crippen LogP contribution in [0, 0.1) is 12.8 Å². The van der Waals surface area contributed by atoms with Crippen LogP contribution in [0.15, 0.2) is 58.1 Å². The third-order valence-electron chi connectivity index (χ3n) is 7.01. The van der Waals surface area contributed by atoms with Gasteiger partial charge in [0.1, 0.15) is 11.6 Å². The van der Waals surface area contributed by atoms with E-state index < -0.39 is 39.7 Å². The number of ketones is 1. The first kappa shape index (κ1) is 27.5. The molecular weight excluding hydrogens is 508 g/mol. The van der Waals surface area contributed by atoms with Gasteiger partial charge in [-0.05, 0) is 43.9 Å².